The topological polar surface area (TPSA) is 68.1 Å². The number of anilines is 1. The quantitative estimate of drug-likeness (QED) is 0.615. The molecule has 6 nitrogen and oxygen atoms in total. The Balaban J connectivity index is 1.77. The maximum atomic E-state index is 14.4. The van der Waals surface area contributed by atoms with Gasteiger partial charge in [-0.15, -0.1) is 0 Å². The van der Waals surface area contributed by atoms with Crippen LogP contribution in [0.15, 0.2) is 48.8 Å². The molecule has 0 bridgehead atoms. The number of carbonyl (C=O) groups is 2. The Kier molecular flexibility index (Phi) is 5.63. The largest absolute Gasteiger partial charge is 0.313 e. The summed E-state index contributed by atoms with van der Waals surface area (Å²) in [6, 6.07) is 9.75. The summed E-state index contributed by atoms with van der Waals surface area (Å²) in [6.07, 6.45) is 3.77. The van der Waals surface area contributed by atoms with Crippen molar-refractivity contribution in [3.05, 3.63) is 65.9 Å². The monoisotopic (exact) mass is 380 g/mol. The summed E-state index contributed by atoms with van der Waals surface area (Å²) in [5.41, 5.74) is 2.50. The van der Waals surface area contributed by atoms with Gasteiger partial charge in [0.05, 0.1) is 23.5 Å². The molecule has 0 radical (unpaired) electrons. The van der Waals surface area contributed by atoms with Crippen LogP contribution in [0.4, 0.5) is 10.1 Å². The second-order valence-electron chi connectivity index (χ2n) is 6.49. The van der Waals surface area contributed by atoms with Gasteiger partial charge in [-0.1, -0.05) is 13.0 Å². The number of pyridine rings is 1. The van der Waals surface area contributed by atoms with Gasteiger partial charge in [-0.3, -0.25) is 19.3 Å². The summed E-state index contributed by atoms with van der Waals surface area (Å²) in [6.45, 7) is 1.73. The molecule has 0 aliphatic carbocycles. The lowest BCUT2D eigenvalue weighted by Gasteiger charge is -2.17. The lowest BCUT2D eigenvalue weighted by atomic mass is 10.1. The summed E-state index contributed by atoms with van der Waals surface area (Å²) in [4.78, 5) is 29.7. The van der Waals surface area contributed by atoms with Crippen LogP contribution in [0.5, 0.6) is 0 Å². The van der Waals surface area contributed by atoms with Crippen molar-refractivity contribution in [2.24, 2.45) is 7.05 Å². The Labute approximate surface area is 162 Å². The molecular weight excluding hydrogens is 359 g/mol. The molecule has 3 aromatic rings. The van der Waals surface area contributed by atoms with Crippen LogP contribution in [0.3, 0.4) is 0 Å². The standard InChI is InChI=1S/C21H21FN4O2/c1-4-21(28)26(3)19-8-6-14(11-17(19)22)18-7-5-15(13-23-18)20(27)12-16-9-10-25(2)24-16/h5-11,13H,4,12H2,1-3H3. The molecule has 7 heteroatoms. The predicted octanol–water partition coefficient (Wildman–Crippen LogP) is 3.42. The Hall–Kier alpha value is -3.35. The van der Waals surface area contributed by atoms with E-state index in [4.69, 9.17) is 0 Å². The van der Waals surface area contributed by atoms with Gasteiger partial charge in [0.25, 0.3) is 0 Å². The molecule has 0 spiro atoms. The Morgan fingerprint density at radius 1 is 1.18 bits per heavy atom. The van der Waals surface area contributed by atoms with E-state index >= 15 is 0 Å². The summed E-state index contributed by atoms with van der Waals surface area (Å²) in [7, 11) is 3.34. The zero-order valence-electron chi connectivity index (χ0n) is 16.0. The minimum absolute atomic E-state index is 0.0843. The van der Waals surface area contributed by atoms with Gasteiger partial charge in [-0.2, -0.15) is 5.10 Å². The minimum atomic E-state index is -0.501. The first-order valence-corrected chi connectivity index (χ1v) is 8.93. The second-order valence-corrected chi connectivity index (χ2v) is 6.49. The van der Waals surface area contributed by atoms with Gasteiger partial charge < -0.3 is 4.90 Å². The number of Topliss-reactive ketones (excluding diaryl/α,β-unsaturated/α-hetero) is 1. The highest BCUT2D eigenvalue weighted by Gasteiger charge is 2.15. The SMILES string of the molecule is CCC(=O)N(C)c1ccc(-c2ccc(C(=O)Cc3ccn(C)n3)cn2)cc1F. The number of carbonyl (C=O) groups excluding carboxylic acids is 2. The number of hydrogen-bond donors (Lipinski definition) is 0. The lowest BCUT2D eigenvalue weighted by molar-refractivity contribution is -0.118. The number of rotatable bonds is 6. The number of aryl methyl sites for hydroxylation is 1. The molecule has 0 N–H and O–H groups in total. The molecule has 0 saturated carbocycles. The van der Waals surface area contributed by atoms with Gasteiger partial charge >= 0.3 is 0 Å². The summed E-state index contributed by atoms with van der Waals surface area (Å²) < 4.78 is 16.1. The normalized spacial score (nSPS) is 10.7. The fraction of sp³-hybridized carbons (Fsp3) is 0.238. The highest BCUT2D eigenvalue weighted by atomic mass is 19.1. The van der Waals surface area contributed by atoms with Gasteiger partial charge in [0.1, 0.15) is 5.82 Å². The second kappa shape index (κ2) is 8.12. The van der Waals surface area contributed by atoms with Crippen molar-refractivity contribution in [2.45, 2.75) is 19.8 Å². The molecule has 2 heterocycles. The first-order chi connectivity index (χ1) is 13.4. The molecule has 0 saturated heterocycles. The first-order valence-electron chi connectivity index (χ1n) is 8.93. The maximum Gasteiger partial charge on any atom is 0.226 e. The number of aromatic nitrogens is 3. The van der Waals surface area contributed by atoms with E-state index in [1.54, 1.807) is 62.2 Å². The van der Waals surface area contributed by atoms with Crippen molar-refractivity contribution < 1.29 is 14.0 Å². The first kappa shape index (κ1) is 19.4. The average Bonchev–Trinajstić information content (AvgIpc) is 3.11. The average molecular weight is 380 g/mol. The highest BCUT2D eigenvalue weighted by molar-refractivity contribution is 5.97. The van der Waals surface area contributed by atoms with Crippen molar-refractivity contribution in [2.75, 3.05) is 11.9 Å². The van der Waals surface area contributed by atoms with E-state index in [9.17, 15) is 14.0 Å². The molecule has 0 aliphatic rings. The van der Waals surface area contributed by atoms with Crippen LogP contribution < -0.4 is 4.90 Å². The third-order valence-corrected chi connectivity index (χ3v) is 4.48. The Morgan fingerprint density at radius 3 is 2.54 bits per heavy atom. The highest BCUT2D eigenvalue weighted by Crippen LogP contribution is 2.25. The van der Waals surface area contributed by atoms with E-state index in [2.05, 4.69) is 10.1 Å². The molecular formula is C21H21FN4O2. The maximum absolute atomic E-state index is 14.4. The summed E-state index contributed by atoms with van der Waals surface area (Å²) >= 11 is 0. The van der Waals surface area contributed by atoms with E-state index in [0.29, 0.717) is 28.9 Å². The minimum Gasteiger partial charge on any atom is -0.313 e. The number of hydrogen-bond acceptors (Lipinski definition) is 4. The predicted molar refractivity (Wildman–Crippen MR) is 105 cm³/mol. The number of amides is 1. The van der Waals surface area contributed by atoms with E-state index in [-0.39, 0.29) is 23.8 Å². The number of benzene rings is 1. The molecule has 2 aromatic heterocycles. The lowest BCUT2D eigenvalue weighted by Crippen LogP contribution is -2.25. The van der Waals surface area contributed by atoms with E-state index in [1.165, 1.54) is 17.2 Å². The third kappa shape index (κ3) is 4.14. The number of ketones is 1. The van der Waals surface area contributed by atoms with Gasteiger partial charge in [0.2, 0.25) is 5.91 Å². The van der Waals surface area contributed by atoms with Crippen molar-refractivity contribution in [3.8, 4) is 11.3 Å². The number of halogens is 1. The van der Waals surface area contributed by atoms with Gasteiger partial charge in [0, 0.05) is 44.0 Å². The van der Waals surface area contributed by atoms with Crippen LogP contribution in [-0.4, -0.2) is 33.5 Å². The molecule has 28 heavy (non-hydrogen) atoms. The van der Waals surface area contributed by atoms with Gasteiger partial charge in [0.15, 0.2) is 5.78 Å². The molecule has 1 aromatic carbocycles. The summed E-state index contributed by atoms with van der Waals surface area (Å²) in [5.74, 6) is -0.751. The van der Waals surface area contributed by atoms with Crippen molar-refractivity contribution in [1.82, 2.24) is 14.8 Å². The van der Waals surface area contributed by atoms with Gasteiger partial charge in [-0.05, 0) is 30.3 Å². The van der Waals surface area contributed by atoms with Crippen LogP contribution in [0.2, 0.25) is 0 Å². The van der Waals surface area contributed by atoms with Crippen LogP contribution in [0, 0.1) is 5.82 Å². The molecule has 0 unspecified atom stereocenters. The van der Waals surface area contributed by atoms with Crippen LogP contribution in [0.1, 0.15) is 29.4 Å². The van der Waals surface area contributed by atoms with E-state index in [0.717, 1.165) is 0 Å². The van der Waals surface area contributed by atoms with E-state index in [1.807, 2.05) is 0 Å². The zero-order chi connectivity index (χ0) is 20.3. The summed E-state index contributed by atoms with van der Waals surface area (Å²) in [5, 5.41) is 4.20. The molecule has 1 amide bonds. The van der Waals surface area contributed by atoms with E-state index < -0.39 is 5.82 Å². The van der Waals surface area contributed by atoms with Crippen molar-refractivity contribution >= 4 is 17.4 Å². The Bertz CT molecular complexity index is 1010. The van der Waals surface area contributed by atoms with Crippen molar-refractivity contribution in [1.29, 1.82) is 0 Å². The fourth-order valence-corrected chi connectivity index (χ4v) is 2.86. The molecule has 0 atom stereocenters. The van der Waals surface area contributed by atoms with Crippen LogP contribution >= 0.6 is 0 Å². The fourth-order valence-electron chi connectivity index (χ4n) is 2.86. The smallest absolute Gasteiger partial charge is 0.226 e. The van der Waals surface area contributed by atoms with Crippen LogP contribution in [0.25, 0.3) is 11.3 Å². The third-order valence-electron chi connectivity index (χ3n) is 4.48. The molecule has 144 valence electrons. The van der Waals surface area contributed by atoms with Gasteiger partial charge in [-0.25, -0.2) is 4.39 Å². The number of nitrogens with zero attached hydrogens (tertiary/aromatic N) is 4. The molecule has 0 aliphatic heterocycles. The Morgan fingerprint density at radius 2 is 1.96 bits per heavy atom. The van der Waals surface area contributed by atoms with Crippen LogP contribution in [-0.2, 0) is 18.3 Å². The van der Waals surface area contributed by atoms with Crippen molar-refractivity contribution in [3.63, 3.8) is 0 Å². The molecule has 0 fully saturated rings. The zero-order valence-corrected chi connectivity index (χ0v) is 16.0. The molecule has 3 rings (SSSR count).